The average molecular weight is 519 g/mol. The molecule has 0 radical (unpaired) electrons. The molecule has 4 rings (SSSR count). The number of rotatable bonds is 8. The zero-order valence-corrected chi connectivity index (χ0v) is 21.8. The molecule has 190 valence electrons. The van der Waals surface area contributed by atoms with Crippen molar-refractivity contribution in [3.05, 3.63) is 94.3 Å². The fourth-order valence-electron chi connectivity index (χ4n) is 4.20. The number of methoxy groups -OCH3 is 2. The van der Waals surface area contributed by atoms with E-state index < -0.39 is 11.2 Å². The lowest BCUT2D eigenvalue weighted by Gasteiger charge is -2.07. The Morgan fingerprint density at radius 2 is 1.81 bits per heavy atom. The van der Waals surface area contributed by atoms with E-state index in [1.54, 1.807) is 44.7 Å². The van der Waals surface area contributed by atoms with Gasteiger partial charge in [-0.1, -0.05) is 6.07 Å². The van der Waals surface area contributed by atoms with Gasteiger partial charge in [-0.3, -0.25) is 4.79 Å². The number of carbonyl (C=O) groups is 1. The third-order valence-corrected chi connectivity index (χ3v) is 7.08. The first-order valence-corrected chi connectivity index (χ1v) is 13.1. The third-order valence-electron chi connectivity index (χ3n) is 6.15. The van der Waals surface area contributed by atoms with Gasteiger partial charge < -0.3 is 14.0 Å². The smallest absolute Gasteiger partial charge is 0.244 e. The third kappa shape index (κ3) is 5.93. The Morgan fingerprint density at radius 3 is 2.49 bits per heavy atom. The van der Waals surface area contributed by atoms with E-state index >= 15 is 0 Å². The second-order valence-electron chi connectivity index (χ2n) is 8.45. The second-order valence-corrected chi connectivity index (χ2v) is 9.83. The molecule has 1 amide bonds. The molecule has 1 aliphatic carbocycles. The molecular weight excluding hydrogens is 491 g/mol. The number of amides is 1. The molecule has 0 saturated heterocycles. The molecule has 6 nitrogen and oxygen atoms in total. The maximum Gasteiger partial charge on any atom is 0.244 e. The van der Waals surface area contributed by atoms with Gasteiger partial charge in [0.1, 0.15) is 23.6 Å². The quantitative estimate of drug-likeness (QED) is 0.244. The molecule has 1 aliphatic rings. The molecule has 8 heteroatoms. The lowest BCUT2D eigenvalue weighted by atomic mass is 10.0. The molecule has 0 saturated carbocycles. The van der Waals surface area contributed by atoms with Crippen molar-refractivity contribution >= 4 is 40.5 Å². The minimum absolute atomic E-state index is 0.0322. The fourth-order valence-corrected chi connectivity index (χ4v) is 4.72. The molecule has 3 aromatic carbocycles. The highest BCUT2D eigenvalue weighted by Crippen LogP contribution is 2.43. The number of halogens is 1. The van der Waals surface area contributed by atoms with Crippen LogP contribution in [0, 0.1) is 5.82 Å². The first kappa shape index (κ1) is 26.2. The van der Waals surface area contributed by atoms with Gasteiger partial charge in [-0.25, -0.2) is 9.82 Å². The molecule has 0 heterocycles. The lowest BCUT2D eigenvalue weighted by Crippen LogP contribution is -2.17. The van der Waals surface area contributed by atoms with Crippen molar-refractivity contribution in [3.8, 4) is 11.5 Å². The molecule has 3 aromatic rings. The molecule has 0 aromatic heterocycles. The van der Waals surface area contributed by atoms with Crippen molar-refractivity contribution in [3.63, 3.8) is 0 Å². The van der Waals surface area contributed by atoms with Crippen LogP contribution in [0.1, 0.15) is 35.6 Å². The van der Waals surface area contributed by atoms with E-state index in [0.717, 1.165) is 32.7 Å². The van der Waals surface area contributed by atoms with Crippen LogP contribution in [0.2, 0.25) is 0 Å². The van der Waals surface area contributed by atoms with Crippen LogP contribution in [0.25, 0.3) is 17.2 Å². The summed E-state index contributed by atoms with van der Waals surface area (Å²) in [4.78, 5) is 13.5. The zero-order valence-electron chi connectivity index (χ0n) is 21.0. The summed E-state index contributed by atoms with van der Waals surface area (Å²) in [6.07, 6.45) is 5.16. The number of fused-ring (bicyclic) bond motifs is 1. The number of nitrogens with zero attached hydrogens (tertiary/aromatic N) is 1. The van der Waals surface area contributed by atoms with Gasteiger partial charge in [0, 0.05) is 11.6 Å². The van der Waals surface area contributed by atoms with E-state index in [4.69, 9.17) is 9.47 Å². The molecular formula is C29H27FN2O4S. The summed E-state index contributed by atoms with van der Waals surface area (Å²) in [6, 6.07) is 17.3. The highest BCUT2D eigenvalue weighted by molar-refractivity contribution is 7.90. The lowest BCUT2D eigenvalue weighted by molar-refractivity contribution is -0.120. The maximum atomic E-state index is 14.2. The van der Waals surface area contributed by atoms with Gasteiger partial charge in [-0.2, -0.15) is 5.10 Å². The summed E-state index contributed by atoms with van der Waals surface area (Å²) in [6.45, 7) is 1.92. The Hall–Kier alpha value is -3.88. The predicted octanol–water partition coefficient (Wildman–Crippen LogP) is 5.45. The highest BCUT2D eigenvalue weighted by atomic mass is 32.2. The van der Waals surface area contributed by atoms with Crippen LogP contribution < -0.4 is 14.9 Å². The van der Waals surface area contributed by atoms with Crippen LogP contribution in [0.15, 0.2) is 76.2 Å². The predicted molar refractivity (Wildman–Crippen MR) is 146 cm³/mol. The Kier molecular flexibility index (Phi) is 8.11. The van der Waals surface area contributed by atoms with E-state index in [0.29, 0.717) is 22.6 Å². The molecule has 1 atom stereocenters. The summed E-state index contributed by atoms with van der Waals surface area (Å²) in [5.74, 6) is 0.506. The first-order chi connectivity index (χ1) is 17.8. The van der Waals surface area contributed by atoms with Crippen molar-refractivity contribution in [2.45, 2.75) is 18.2 Å². The minimum Gasteiger partial charge on any atom is -0.612 e. The largest absolute Gasteiger partial charge is 0.612 e. The Balaban J connectivity index is 1.56. The average Bonchev–Trinajstić information content (AvgIpc) is 3.14. The standard InChI is InChI=1S/C29H27FN2O4S/c1-18-25(13-19-5-10-23(11-6-19)37(4)34)24-12-8-21(30)14-27(24)26(18)16-29(33)32-31-17-20-7-9-22(35-2)15-28(20)36-3/h5-15,17H,16H2,1-4H3,(H,32,33)/b25-13-,31-17-. The monoisotopic (exact) mass is 518 g/mol. The molecule has 1 unspecified atom stereocenters. The summed E-state index contributed by atoms with van der Waals surface area (Å²) >= 11 is -1.06. The van der Waals surface area contributed by atoms with Gasteiger partial charge in [-0.15, -0.1) is 0 Å². The van der Waals surface area contributed by atoms with Gasteiger partial charge in [0.05, 0.1) is 26.9 Å². The normalized spacial score (nSPS) is 14.7. The van der Waals surface area contributed by atoms with Gasteiger partial charge in [0.25, 0.3) is 0 Å². The van der Waals surface area contributed by atoms with Crippen molar-refractivity contribution in [2.24, 2.45) is 5.10 Å². The number of benzene rings is 3. The number of carbonyl (C=O) groups excluding carboxylic acids is 1. The van der Waals surface area contributed by atoms with Crippen LogP contribution in [-0.4, -0.2) is 37.1 Å². The molecule has 1 N–H and O–H groups in total. The van der Waals surface area contributed by atoms with Crippen LogP contribution in [0.5, 0.6) is 11.5 Å². The van der Waals surface area contributed by atoms with Crippen molar-refractivity contribution in [1.82, 2.24) is 5.43 Å². The maximum absolute atomic E-state index is 14.2. The Bertz CT molecular complexity index is 1410. The van der Waals surface area contributed by atoms with Crippen LogP contribution in [0.3, 0.4) is 0 Å². The van der Waals surface area contributed by atoms with E-state index in [1.165, 1.54) is 18.3 Å². The van der Waals surface area contributed by atoms with Gasteiger partial charge in [0.2, 0.25) is 5.91 Å². The Morgan fingerprint density at radius 1 is 1.05 bits per heavy atom. The topological polar surface area (TPSA) is 83.0 Å². The van der Waals surface area contributed by atoms with Gasteiger partial charge in [-0.05, 0) is 106 Å². The minimum atomic E-state index is -1.06. The highest BCUT2D eigenvalue weighted by Gasteiger charge is 2.25. The van der Waals surface area contributed by atoms with E-state index in [1.807, 2.05) is 37.3 Å². The summed E-state index contributed by atoms with van der Waals surface area (Å²) in [5, 5.41) is 4.07. The van der Waals surface area contributed by atoms with Crippen LogP contribution in [-0.2, 0) is 16.0 Å². The van der Waals surface area contributed by atoms with Gasteiger partial charge >= 0.3 is 0 Å². The number of hydrazone groups is 1. The molecule has 0 bridgehead atoms. The number of nitrogens with one attached hydrogen (secondary N) is 1. The zero-order chi connectivity index (χ0) is 26.5. The van der Waals surface area contributed by atoms with E-state index in [-0.39, 0.29) is 18.1 Å². The molecule has 0 aliphatic heterocycles. The second kappa shape index (κ2) is 11.5. The number of ether oxygens (including phenoxy) is 2. The van der Waals surface area contributed by atoms with Crippen LogP contribution >= 0.6 is 0 Å². The summed E-state index contributed by atoms with van der Waals surface area (Å²) in [5.41, 5.74) is 8.23. The van der Waals surface area contributed by atoms with Crippen molar-refractivity contribution in [2.75, 3.05) is 20.5 Å². The van der Waals surface area contributed by atoms with Gasteiger partial charge in [0.15, 0.2) is 4.90 Å². The number of hydrogen-bond donors (Lipinski definition) is 1. The van der Waals surface area contributed by atoms with Crippen LogP contribution in [0.4, 0.5) is 4.39 Å². The molecule has 0 fully saturated rings. The van der Waals surface area contributed by atoms with E-state index in [2.05, 4.69) is 10.5 Å². The molecule has 37 heavy (non-hydrogen) atoms. The Labute approximate surface area is 218 Å². The first-order valence-electron chi connectivity index (χ1n) is 11.5. The van der Waals surface area contributed by atoms with Crippen molar-refractivity contribution in [1.29, 1.82) is 0 Å². The summed E-state index contributed by atoms with van der Waals surface area (Å²) < 4.78 is 36.4. The molecule has 0 spiro atoms. The number of hydrogen-bond acceptors (Lipinski definition) is 5. The fraction of sp³-hybridized carbons (Fsp3) is 0.172. The van der Waals surface area contributed by atoms with Crippen molar-refractivity contribution < 1.29 is 23.2 Å². The van der Waals surface area contributed by atoms with E-state index in [9.17, 15) is 13.7 Å². The number of allylic oxidation sites excluding steroid dienone is 2. The SMILES string of the molecule is COc1ccc(/C=N\NC(=O)CC2=C(C)/C(=C/c3ccc([S+](C)[O-])cc3)c3ccc(F)cc32)c(OC)c1. The summed E-state index contributed by atoms with van der Waals surface area (Å²) in [7, 11) is 3.11.